The molecule has 6 heteroatoms. The molecule has 0 saturated carbocycles. The van der Waals surface area contributed by atoms with E-state index < -0.39 is 5.41 Å². The van der Waals surface area contributed by atoms with Gasteiger partial charge in [0.05, 0.1) is 0 Å². The minimum absolute atomic E-state index is 0. The van der Waals surface area contributed by atoms with E-state index >= 15 is 0 Å². The fourth-order valence-corrected chi connectivity index (χ4v) is 7.08. The Balaban J connectivity index is 0.00000387. The quantitative estimate of drug-likeness (QED) is 0.113. The zero-order valence-corrected chi connectivity index (χ0v) is 30.6. The number of aromatic nitrogens is 2. The van der Waals surface area contributed by atoms with E-state index in [-0.39, 0.29) is 21.1 Å². The van der Waals surface area contributed by atoms with Gasteiger partial charge in [-0.2, -0.15) is 6.07 Å². The Morgan fingerprint density at radius 2 is 1.25 bits per heavy atom. The summed E-state index contributed by atoms with van der Waals surface area (Å²) in [4.78, 5) is 8.88. The first-order chi connectivity index (χ1) is 25.1. The second kappa shape index (κ2) is 14.0. The van der Waals surface area contributed by atoms with Gasteiger partial charge in [-0.05, 0) is 66.2 Å². The molecule has 9 rings (SSSR count). The van der Waals surface area contributed by atoms with Crippen molar-refractivity contribution in [3.8, 4) is 17.3 Å². The maximum absolute atomic E-state index is 6.77. The standard InChI is InChI=1S/C46H33N4O.Pt/c1-46(34-15-5-2-6-16-34,35-17-7-3-8-18-35)36-29-38(49-28-27-48(33-49)37-19-9-4-10-20-37)31-40(30-36)51-39-24-25-42-41-21-11-12-22-43(41)50(44(42)32-39)45-23-13-14-26-47-45;/h2-30,33H,1H3;/q-3;. The smallest absolute Gasteiger partial charge is 0.135 e. The van der Waals surface area contributed by atoms with E-state index in [2.05, 4.69) is 168 Å². The van der Waals surface area contributed by atoms with Crippen LogP contribution >= 0.6 is 0 Å². The average Bonchev–Trinajstić information content (AvgIpc) is 3.83. The molecule has 0 amide bonds. The Hall–Kier alpha value is -5.90. The second-order valence-electron chi connectivity index (χ2n) is 12.8. The van der Waals surface area contributed by atoms with Crippen LogP contribution in [-0.4, -0.2) is 9.55 Å². The maximum atomic E-state index is 6.77. The van der Waals surface area contributed by atoms with Crippen molar-refractivity contribution in [2.24, 2.45) is 0 Å². The molecule has 5 nitrogen and oxygen atoms in total. The molecule has 3 heterocycles. The summed E-state index contributed by atoms with van der Waals surface area (Å²) in [6.45, 7) is 4.35. The predicted octanol–water partition coefficient (Wildman–Crippen LogP) is 10.8. The molecule has 1 aliphatic rings. The van der Waals surface area contributed by atoms with E-state index in [9.17, 15) is 0 Å². The third-order valence-electron chi connectivity index (χ3n) is 9.73. The van der Waals surface area contributed by atoms with Crippen LogP contribution in [-0.2, 0) is 26.5 Å². The topological polar surface area (TPSA) is 33.5 Å². The molecule has 0 fully saturated rings. The van der Waals surface area contributed by atoms with Crippen molar-refractivity contribution in [2.75, 3.05) is 9.80 Å². The number of pyridine rings is 1. The van der Waals surface area contributed by atoms with Crippen LogP contribution in [0.5, 0.6) is 11.5 Å². The van der Waals surface area contributed by atoms with Crippen LogP contribution in [0.1, 0.15) is 23.6 Å². The summed E-state index contributed by atoms with van der Waals surface area (Å²) in [5, 5.41) is 2.22. The van der Waals surface area contributed by atoms with Gasteiger partial charge in [0.15, 0.2) is 0 Å². The first-order valence-electron chi connectivity index (χ1n) is 17.0. The van der Waals surface area contributed by atoms with Crippen molar-refractivity contribution >= 4 is 33.2 Å². The Bertz CT molecular complexity index is 2460. The number of para-hydroxylation sites is 2. The van der Waals surface area contributed by atoms with E-state index in [1.54, 1.807) is 0 Å². The minimum atomic E-state index is -0.494. The van der Waals surface area contributed by atoms with Gasteiger partial charge in [-0.15, -0.1) is 53.6 Å². The molecule has 0 unspecified atom stereocenters. The molecule has 0 radical (unpaired) electrons. The summed E-state index contributed by atoms with van der Waals surface area (Å²) in [6.07, 6.45) is 5.93. The Morgan fingerprint density at radius 3 is 1.96 bits per heavy atom. The van der Waals surface area contributed by atoms with Crippen LogP contribution in [0, 0.1) is 18.8 Å². The summed E-state index contributed by atoms with van der Waals surface area (Å²) in [5.41, 5.74) is 6.84. The molecular weight excluding hydrogens is 820 g/mol. The number of hydrogen-bond acceptors (Lipinski definition) is 4. The zero-order valence-electron chi connectivity index (χ0n) is 28.3. The molecule has 0 bridgehead atoms. The van der Waals surface area contributed by atoms with Crippen molar-refractivity contribution in [3.05, 3.63) is 212 Å². The van der Waals surface area contributed by atoms with Gasteiger partial charge in [-0.1, -0.05) is 109 Å². The molecule has 6 aromatic carbocycles. The maximum Gasteiger partial charge on any atom is 0.135 e. The van der Waals surface area contributed by atoms with Crippen LogP contribution in [0.25, 0.3) is 27.6 Å². The summed E-state index contributed by atoms with van der Waals surface area (Å²) in [6, 6.07) is 61.6. The van der Waals surface area contributed by atoms with Gasteiger partial charge in [0.1, 0.15) is 5.82 Å². The first kappa shape index (κ1) is 33.3. The Kier molecular flexibility index (Phi) is 8.96. The second-order valence-corrected chi connectivity index (χ2v) is 12.8. The van der Waals surface area contributed by atoms with Gasteiger partial charge >= 0.3 is 0 Å². The van der Waals surface area contributed by atoms with Crippen molar-refractivity contribution in [1.82, 2.24) is 9.55 Å². The fraction of sp³-hybridized carbons (Fsp3) is 0.0435. The SMILES string of the molecule is CC(c1ccccc1)(c1ccccc1)c1cc(Oc2[c-]c3c(cc2)c2ccccc2n3-c2ccccn2)[c-]c(N2C=CN(c3ccccc3)[CH-]2)c1.[Pt]. The number of hydrogen-bond donors (Lipinski definition) is 0. The number of fused-ring (bicyclic) bond motifs is 3. The molecular formula is C46H33N4OPt-3. The number of rotatable bonds is 8. The third-order valence-corrected chi connectivity index (χ3v) is 9.73. The Morgan fingerprint density at radius 1 is 0.596 bits per heavy atom. The average molecular weight is 853 g/mol. The summed E-state index contributed by atoms with van der Waals surface area (Å²) in [5.74, 6) is 2.01. The summed E-state index contributed by atoms with van der Waals surface area (Å²) in [7, 11) is 0. The van der Waals surface area contributed by atoms with E-state index in [1.807, 2.05) is 48.7 Å². The molecule has 1 aliphatic heterocycles. The van der Waals surface area contributed by atoms with Crippen molar-refractivity contribution < 1.29 is 25.8 Å². The molecule has 256 valence electrons. The van der Waals surface area contributed by atoms with Crippen molar-refractivity contribution in [2.45, 2.75) is 12.3 Å². The van der Waals surface area contributed by atoms with Gasteiger partial charge in [-0.25, -0.2) is 4.98 Å². The minimum Gasteiger partial charge on any atom is -0.509 e. The largest absolute Gasteiger partial charge is 0.509 e. The summed E-state index contributed by atoms with van der Waals surface area (Å²) < 4.78 is 8.92. The van der Waals surface area contributed by atoms with E-state index in [1.165, 1.54) is 11.1 Å². The van der Waals surface area contributed by atoms with E-state index in [4.69, 9.17) is 9.72 Å². The molecule has 8 aromatic rings. The van der Waals surface area contributed by atoms with Crippen LogP contribution in [0.2, 0.25) is 0 Å². The number of ether oxygens (including phenoxy) is 1. The molecule has 2 aromatic heterocycles. The van der Waals surface area contributed by atoms with Gasteiger partial charge in [0, 0.05) is 55.4 Å². The third kappa shape index (κ3) is 5.97. The number of benzene rings is 6. The molecule has 0 spiro atoms. The van der Waals surface area contributed by atoms with Gasteiger partial charge < -0.3 is 19.1 Å². The molecule has 0 saturated heterocycles. The van der Waals surface area contributed by atoms with Gasteiger partial charge in [-0.3, -0.25) is 0 Å². The molecule has 0 N–H and O–H groups in total. The van der Waals surface area contributed by atoms with Gasteiger partial charge in [0.2, 0.25) is 0 Å². The van der Waals surface area contributed by atoms with Crippen LogP contribution in [0.3, 0.4) is 0 Å². The molecule has 0 atom stereocenters. The van der Waals surface area contributed by atoms with Crippen LogP contribution in [0.4, 0.5) is 11.4 Å². The van der Waals surface area contributed by atoms with Gasteiger partial charge in [0.25, 0.3) is 0 Å². The number of nitrogens with zero attached hydrogens (tertiary/aromatic N) is 4. The number of anilines is 2. The predicted molar refractivity (Wildman–Crippen MR) is 206 cm³/mol. The zero-order chi connectivity index (χ0) is 34.2. The van der Waals surface area contributed by atoms with E-state index in [0.717, 1.165) is 44.6 Å². The molecule has 52 heavy (non-hydrogen) atoms. The molecule has 0 aliphatic carbocycles. The van der Waals surface area contributed by atoms with Crippen molar-refractivity contribution in [1.29, 1.82) is 0 Å². The fourth-order valence-electron chi connectivity index (χ4n) is 7.08. The monoisotopic (exact) mass is 852 g/mol. The normalized spacial score (nSPS) is 12.7. The van der Waals surface area contributed by atoms with Crippen LogP contribution in [0.15, 0.2) is 176 Å². The van der Waals surface area contributed by atoms with E-state index in [0.29, 0.717) is 11.5 Å². The first-order valence-corrected chi connectivity index (χ1v) is 17.0. The summed E-state index contributed by atoms with van der Waals surface area (Å²) >= 11 is 0. The Labute approximate surface area is 318 Å². The van der Waals surface area contributed by atoms with Crippen molar-refractivity contribution in [3.63, 3.8) is 0 Å². The van der Waals surface area contributed by atoms with Crippen LogP contribution < -0.4 is 14.5 Å².